The zero-order chi connectivity index (χ0) is 12.8. The summed E-state index contributed by atoms with van der Waals surface area (Å²) in [6, 6.07) is 2.72. The van der Waals surface area contributed by atoms with Crippen LogP contribution in [0.15, 0.2) is 28.9 Å². The third-order valence-corrected chi connectivity index (χ3v) is 4.31. The number of halogens is 2. The summed E-state index contributed by atoms with van der Waals surface area (Å²) in [5.74, 6) is -1.48. The molecule has 1 aromatic rings. The molecule has 0 fully saturated rings. The van der Waals surface area contributed by atoms with Crippen LogP contribution in [0, 0.1) is 17.0 Å². The first-order valence-electron chi connectivity index (χ1n) is 6.32. The van der Waals surface area contributed by atoms with E-state index >= 15 is 0 Å². The van der Waals surface area contributed by atoms with Gasteiger partial charge >= 0.3 is 0 Å². The second kappa shape index (κ2) is 4.01. The lowest BCUT2D eigenvalue weighted by atomic mass is 9.75. The van der Waals surface area contributed by atoms with Gasteiger partial charge in [-0.3, -0.25) is 4.99 Å². The normalized spacial score (nSPS) is 20.1. The fraction of sp³-hybridized carbons (Fsp3) is 0.400. The Morgan fingerprint density at radius 3 is 2.22 bits per heavy atom. The fourth-order valence-corrected chi connectivity index (χ4v) is 3.15. The van der Waals surface area contributed by atoms with Gasteiger partial charge in [0.25, 0.3) is 0 Å². The molecule has 0 amide bonds. The van der Waals surface area contributed by atoms with Crippen LogP contribution in [0.5, 0.6) is 0 Å². The Hall–Kier alpha value is -1.51. The van der Waals surface area contributed by atoms with Gasteiger partial charge in [0.2, 0.25) is 0 Å². The molecule has 0 saturated carbocycles. The third kappa shape index (κ3) is 1.61. The van der Waals surface area contributed by atoms with Crippen LogP contribution in [0.2, 0.25) is 0 Å². The monoisotopic (exact) mass is 247 g/mol. The minimum Gasteiger partial charge on any atom is -0.269 e. The first kappa shape index (κ1) is 11.6. The molecule has 1 aliphatic carbocycles. The standard InChI is InChI=1S/C15H15F2N/c1-2-15(12-3-4-18-9-12)7-10-5-13(16)14(17)6-11(10)8-15/h4-6,9H,2-3,7-8H2,1H3. The van der Waals surface area contributed by atoms with E-state index in [9.17, 15) is 8.78 Å². The van der Waals surface area contributed by atoms with Crippen LogP contribution in [0.3, 0.4) is 0 Å². The van der Waals surface area contributed by atoms with Gasteiger partial charge in [0.15, 0.2) is 11.6 Å². The van der Waals surface area contributed by atoms with Crippen LogP contribution < -0.4 is 0 Å². The Morgan fingerprint density at radius 2 is 1.78 bits per heavy atom. The summed E-state index contributed by atoms with van der Waals surface area (Å²) in [6.07, 6.45) is 7.25. The third-order valence-electron chi connectivity index (χ3n) is 4.31. The Labute approximate surface area is 105 Å². The maximum Gasteiger partial charge on any atom is 0.159 e. The summed E-state index contributed by atoms with van der Waals surface area (Å²) in [4.78, 5) is 4.17. The van der Waals surface area contributed by atoms with E-state index in [2.05, 4.69) is 11.9 Å². The molecule has 3 heteroatoms. The highest BCUT2D eigenvalue weighted by atomic mass is 19.2. The molecule has 0 radical (unpaired) electrons. The van der Waals surface area contributed by atoms with E-state index in [1.165, 1.54) is 17.7 Å². The maximum absolute atomic E-state index is 13.3. The molecule has 18 heavy (non-hydrogen) atoms. The first-order valence-corrected chi connectivity index (χ1v) is 6.32. The van der Waals surface area contributed by atoms with Crippen molar-refractivity contribution in [1.29, 1.82) is 0 Å². The van der Waals surface area contributed by atoms with E-state index in [1.807, 2.05) is 12.4 Å². The van der Waals surface area contributed by atoms with Gasteiger partial charge in [-0.05, 0) is 48.1 Å². The molecule has 0 unspecified atom stereocenters. The lowest BCUT2D eigenvalue weighted by Crippen LogP contribution is -2.22. The lowest BCUT2D eigenvalue weighted by molar-refractivity contribution is 0.359. The van der Waals surface area contributed by atoms with Crippen molar-refractivity contribution in [3.05, 3.63) is 46.7 Å². The largest absolute Gasteiger partial charge is 0.269 e. The summed E-state index contributed by atoms with van der Waals surface area (Å²) >= 11 is 0. The highest BCUT2D eigenvalue weighted by Crippen LogP contribution is 2.47. The Morgan fingerprint density at radius 1 is 1.17 bits per heavy atom. The van der Waals surface area contributed by atoms with E-state index in [0.29, 0.717) is 0 Å². The smallest absolute Gasteiger partial charge is 0.159 e. The molecule has 2 aliphatic rings. The van der Waals surface area contributed by atoms with E-state index in [0.717, 1.165) is 36.8 Å². The average Bonchev–Trinajstić information content (AvgIpc) is 2.97. The van der Waals surface area contributed by atoms with Gasteiger partial charge in [-0.15, -0.1) is 0 Å². The minimum atomic E-state index is -0.739. The second-order valence-electron chi connectivity index (χ2n) is 5.21. The number of benzene rings is 1. The number of allylic oxidation sites excluding steroid dienone is 1. The number of aliphatic imine (C=N–C) groups is 1. The van der Waals surface area contributed by atoms with Crippen molar-refractivity contribution in [2.45, 2.75) is 32.6 Å². The molecule has 0 N–H and O–H groups in total. The van der Waals surface area contributed by atoms with Crippen molar-refractivity contribution >= 4 is 6.21 Å². The van der Waals surface area contributed by atoms with Crippen molar-refractivity contribution in [2.75, 3.05) is 0 Å². The van der Waals surface area contributed by atoms with Crippen molar-refractivity contribution < 1.29 is 8.78 Å². The molecule has 1 nitrogen and oxygen atoms in total. The zero-order valence-corrected chi connectivity index (χ0v) is 10.3. The van der Waals surface area contributed by atoms with Gasteiger partial charge < -0.3 is 0 Å². The molecule has 0 spiro atoms. The number of fused-ring (bicyclic) bond motifs is 1. The van der Waals surface area contributed by atoms with Crippen molar-refractivity contribution in [3.8, 4) is 0 Å². The van der Waals surface area contributed by atoms with Crippen LogP contribution >= 0.6 is 0 Å². The summed E-state index contributed by atoms with van der Waals surface area (Å²) in [7, 11) is 0. The summed E-state index contributed by atoms with van der Waals surface area (Å²) < 4.78 is 26.6. The van der Waals surface area contributed by atoms with Crippen LogP contribution in [0.1, 0.15) is 30.9 Å². The van der Waals surface area contributed by atoms with Crippen LogP contribution in [-0.4, -0.2) is 6.21 Å². The van der Waals surface area contributed by atoms with E-state index in [4.69, 9.17) is 0 Å². The molecule has 0 bridgehead atoms. The number of hydrogen-bond donors (Lipinski definition) is 0. The van der Waals surface area contributed by atoms with E-state index in [1.54, 1.807) is 0 Å². The van der Waals surface area contributed by atoms with Crippen molar-refractivity contribution in [2.24, 2.45) is 10.4 Å². The highest BCUT2D eigenvalue weighted by Gasteiger charge is 2.39. The van der Waals surface area contributed by atoms with E-state index in [-0.39, 0.29) is 5.41 Å². The van der Waals surface area contributed by atoms with Crippen LogP contribution in [-0.2, 0) is 12.8 Å². The number of nitrogens with zero attached hydrogens (tertiary/aromatic N) is 1. The molecule has 1 aliphatic heterocycles. The SMILES string of the molecule is CCC1(C2=CN=CC2)Cc2cc(F)c(F)cc2C1. The van der Waals surface area contributed by atoms with Crippen LogP contribution in [0.4, 0.5) is 8.78 Å². The summed E-state index contributed by atoms with van der Waals surface area (Å²) in [5, 5.41) is 0. The van der Waals surface area contributed by atoms with Gasteiger partial charge in [0, 0.05) is 24.3 Å². The van der Waals surface area contributed by atoms with Gasteiger partial charge in [0.05, 0.1) is 0 Å². The minimum absolute atomic E-state index is 0.0130. The molecular formula is C15H15F2N. The maximum atomic E-state index is 13.3. The second-order valence-corrected chi connectivity index (χ2v) is 5.21. The summed E-state index contributed by atoms with van der Waals surface area (Å²) in [5.41, 5.74) is 3.20. The molecule has 0 atom stereocenters. The molecule has 0 saturated heterocycles. The predicted octanol–water partition coefficient (Wildman–Crippen LogP) is 3.82. The molecule has 94 valence electrons. The van der Waals surface area contributed by atoms with Gasteiger partial charge in [-0.1, -0.05) is 6.92 Å². The predicted molar refractivity (Wildman–Crippen MR) is 67.7 cm³/mol. The quantitative estimate of drug-likeness (QED) is 0.753. The number of rotatable bonds is 2. The Balaban J connectivity index is 1.99. The Kier molecular flexibility index (Phi) is 2.58. The topological polar surface area (TPSA) is 12.4 Å². The van der Waals surface area contributed by atoms with Crippen LogP contribution in [0.25, 0.3) is 0 Å². The molecule has 0 aromatic heterocycles. The summed E-state index contributed by atoms with van der Waals surface area (Å²) in [6.45, 7) is 2.14. The van der Waals surface area contributed by atoms with Crippen molar-refractivity contribution in [1.82, 2.24) is 0 Å². The van der Waals surface area contributed by atoms with Gasteiger partial charge in [0.1, 0.15) is 0 Å². The first-order chi connectivity index (χ1) is 8.64. The molecular weight excluding hydrogens is 232 g/mol. The molecule has 1 aromatic carbocycles. The highest BCUT2D eigenvalue weighted by molar-refractivity contribution is 5.66. The molecule has 3 rings (SSSR count). The molecule has 1 heterocycles. The number of hydrogen-bond acceptors (Lipinski definition) is 1. The van der Waals surface area contributed by atoms with Crippen molar-refractivity contribution in [3.63, 3.8) is 0 Å². The van der Waals surface area contributed by atoms with Gasteiger partial charge in [-0.2, -0.15) is 0 Å². The Bertz CT molecular complexity index is 527. The average molecular weight is 247 g/mol. The zero-order valence-electron chi connectivity index (χ0n) is 10.3. The van der Waals surface area contributed by atoms with E-state index < -0.39 is 11.6 Å². The fourth-order valence-electron chi connectivity index (χ4n) is 3.15. The lowest BCUT2D eigenvalue weighted by Gasteiger charge is -2.28. The van der Waals surface area contributed by atoms with Gasteiger partial charge in [-0.25, -0.2) is 8.78 Å².